The number of carbonyl (C=O) groups is 2. The van der Waals surface area contributed by atoms with Crippen molar-refractivity contribution < 1.29 is 22.7 Å². The van der Waals surface area contributed by atoms with Gasteiger partial charge in [-0.1, -0.05) is 23.7 Å². The number of sulfonamides is 1. The van der Waals surface area contributed by atoms with E-state index in [9.17, 15) is 18.0 Å². The molecule has 2 N–H and O–H groups in total. The number of anilines is 1. The van der Waals surface area contributed by atoms with E-state index < -0.39 is 22.0 Å². The molecule has 0 radical (unpaired) electrons. The van der Waals surface area contributed by atoms with E-state index in [0.29, 0.717) is 17.0 Å². The Labute approximate surface area is 162 Å². The molecule has 0 fully saturated rings. The van der Waals surface area contributed by atoms with Crippen LogP contribution in [0.15, 0.2) is 47.4 Å². The van der Waals surface area contributed by atoms with Crippen molar-refractivity contribution in [3.63, 3.8) is 0 Å². The van der Waals surface area contributed by atoms with Crippen LogP contribution in [0.2, 0.25) is 5.02 Å². The lowest BCUT2D eigenvalue weighted by Gasteiger charge is -2.15. The molecule has 1 amide bonds. The van der Waals surface area contributed by atoms with Crippen LogP contribution in [0, 0.1) is 0 Å². The number of benzene rings is 2. The molecular weight excluding hydrogens is 392 g/mol. The first-order valence-corrected chi connectivity index (χ1v) is 9.78. The normalized spacial score (nSPS) is 12.3. The Morgan fingerprint density at radius 2 is 1.85 bits per heavy atom. The van der Waals surface area contributed by atoms with Crippen molar-refractivity contribution in [2.45, 2.75) is 24.8 Å². The first-order valence-electron chi connectivity index (χ1n) is 7.92. The molecule has 0 saturated heterocycles. The van der Waals surface area contributed by atoms with E-state index in [4.69, 9.17) is 16.3 Å². The fourth-order valence-corrected chi connectivity index (χ4v) is 3.79. The fraction of sp³-hybridized carbons (Fsp3) is 0.222. The molecule has 27 heavy (non-hydrogen) atoms. The van der Waals surface area contributed by atoms with Crippen LogP contribution in [0.5, 0.6) is 5.75 Å². The molecule has 0 aliphatic rings. The smallest absolute Gasteiger partial charge is 0.242 e. The highest BCUT2D eigenvalue weighted by Crippen LogP contribution is 2.27. The number of hydrogen-bond donors (Lipinski definition) is 2. The van der Waals surface area contributed by atoms with E-state index in [1.54, 1.807) is 18.2 Å². The van der Waals surface area contributed by atoms with Gasteiger partial charge in [0.25, 0.3) is 0 Å². The molecule has 2 aromatic carbocycles. The molecule has 0 aromatic heterocycles. The lowest BCUT2D eigenvalue weighted by molar-refractivity contribution is -0.117. The van der Waals surface area contributed by atoms with Gasteiger partial charge in [0.1, 0.15) is 5.75 Å². The van der Waals surface area contributed by atoms with Crippen LogP contribution < -0.4 is 14.8 Å². The highest BCUT2D eigenvalue weighted by molar-refractivity contribution is 7.89. The van der Waals surface area contributed by atoms with Gasteiger partial charge in [-0.2, -0.15) is 4.72 Å². The summed E-state index contributed by atoms with van der Waals surface area (Å²) in [6.45, 7) is 2.82. The molecule has 1 atom stereocenters. The fourth-order valence-electron chi connectivity index (χ4n) is 2.24. The van der Waals surface area contributed by atoms with Gasteiger partial charge in [-0.05, 0) is 44.2 Å². The number of amides is 1. The van der Waals surface area contributed by atoms with E-state index >= 15 is 0 Å². The zero-order valence-electron chi connectivity index (χ0n) is 14.9. The number of Topliss-reactive ketones (excluding diaryl/α,β-unsaturated/α-hetero) is 1. The van der Waals surface area contributed by atoms with Gasteiger partial charge < -0.3 is 10.1 Å². The second-order valence-corrected chi connectivity index (χ2v) is 7.89. The molecule has 0 spiro atoms. The standard InChI is InChI=1S/C18H19ClN2O5S/c1-11(18(23)20-14-6-4-5-13(9-14)12(2)22)21-27(24,25)15-7-8-17(26-3)16(19)10-15/h4-11,21H,1-3H3,(H,20,23). The molecule has 0 saturated carbocycles. The molecule has 2 rings (SSSR count). The van der Waals surface area contributed by atoms with Crippen molar-refractivity contribution in [3.8, 4) is 5.75 Å². The Morgan fingerprint density at radius 1 is 1.15 bits per heavy atom. The lowest BCUT2D eigenvalue weighted by atomic mass is 10.1. The summed E-state index contributed by atoms with van der Waals surface area (Å²) >= 11 is 5.96. The van der Waals surface area contributed by atoms with Crippen LogP contribution in [0.1, 0.15) is 24.2 Å². The van der Waals surface area contributed by atoms with Gasteiger partial charge in [0.15, 0.2) is 5.78 Å². The zero-order valence-corrected chi connectivity index (χ0v) is 16.5. The third kappa shape index (κ3) is 5.29. The molecule has 9 heteroatoms. The quantitative estimate of drug-likeness (QED) is 0.683. The van der Waals surface area contributed by atoms with Crippen LogP contribution in [-0.4, -0.2) is 33.3 Å². The van der Waals surface area contributed by atoms with Gasteiger partial charge in [-0.15, -0.1) is 0 Å². The van der Waals surface area contributed by atoms with Crippen molar-refractivity contribution in [2.24, 2.45) is 0 Å². The van der Waals surface area contributed by atoms with Gasteiger partial charge in [0.05, 0.1) is 23.1 Å². The van der Waals surface area contributed by atoms with Gasteiger partial charge >= 0.3 is 0 Å². The molecule has 1 unspecified atom stereocenters. The SMILES string of the molecule is COc1ccc(S(=O)(=O)NC(C)C(=O)Nc2cccc(C(C)=O)c2)cc1Cl. The largest absolute Gasteiger partial charge is 0.495 e. The highest BCUT2D eigenvalue weighted by Gasteiger charge is 2.23. The predicted molar refractivity (Wildman–Crippen MR) is 103 cm³/mol. The number of nitrogens with one attached hydrogen (secondary N) is 2. The van der Waals surface area contributed by atoms with Gasteiger partial charge in [-0.3, -0.25) is 9.59 Å². The van der Waals surface area contributed by atoms with Crippen LogP contribution in [-0.2, 0) is 14.8 Å². The third-order valence-electron chi connectivity index (χ3n) is 3.70. The Bertz CT molecular complexity index is 975. The second kappa shape index (κ2) is 8.51. The summed E-state index contributed by atoms with van der Waals surface area (Å²) in [4.78, 5) is 23.6. The first kappa shape index (κ1) is 20.9. The number of carbonyl (C=O) groups excluding carboxylic acids is 2. The van der Waals surface area contributed by atoms with E-state index in [2.05, 4.69) is 10.0 Å². The summed E-state index contributed by atoms with van der Waals surface area (Å²) in [5.41, 5.74) is 0.833. The number of halogens is 1. The van der Waals surface area contributed by atoms with Crippen LogP contribution >= 0.6 is 11.6 Å². The minimum atomic E-state index is -3.97. The average Bonchev–Trinajstić information content (AvgIpc) is 2.61. The lowest BCUT2D eigenvalue weighted by Crippen LogP contribution is -2.41. The van der Waals surface area contributed by atoms with Crippen molar-refractivity contribution in [1.82, 2.24) is 4.72 Å². The minimum absolute atomic E-state index is 0.0912. The minimum Gasteiger partial charge on any atom is -0.495 e. The summed E-state index contributed by atoms with van der Waals surface area (Å²) < 4.78 is 32.2. The number of ether oxygens (including phenoxy) is 1. The summed E-state index contributed by atoms with van der Waals surface area (Å²) in [6, 6.07) is 9.31. The van der Waals surface area contributed by atoms with Crippen LogP contribution in [0.4, 0.5) is 5.69 Å². The molecular formula is C18H19ClN2O5S. The molecule has 7 nitrogen and oxygen atoms in total. The van der Waals surface area contributed by atoms with Crippen LogP contribution in [0.25, 0.3) is 0 Å². The number of hydrogen-bond acceptors (Lipinski definition) is 5. The Kier molecular flexibility index (Phi) is 6.59. The maximum absolute atomic E-state index is 12.5. The topological polar surface area (TPSA) is 102 Å². The van der Waals surface area contributed by atoms with Crippen molar-refractivity contribution in [1.29, 1.82) is 0 Å². The molecule has 0 aliphatic heterocycles. The Morgan fingerprint density at radius 3 is 2.44 bits per heavy atom. The summed E-state index contributed by atoms with van der Waals surface area (Å²) in [7, 11) is -2.55. The van der Waals surface area contributed by atoms with Gasteiger partial charge in [0, 0.05) is 11.3 Å². The van der Waals surface area contributed by atoms with Gasteiger partial charge in [0.2, 0.25) is 15.9 Å². The summed E-state index contributed by atoms with van der Waals surface area (Å²) in [5, 5.41) is 2.71. The molecule has 0 heterocycles. The molecule has 2 aromatic rings. The summed E-state index contributed by atoms with van der Waals surface area (Å²) in [5.74, 6) is -0.373. The second-order valence-electron chi connectivity index (χ2n) is 5.77. The van der Waals surface area contributed by atoms with Crippen molar-refractivity contribution >= 4 is 39.0 Å². The van der Waals surface area contributed by atoms with Crippen molar-refractivity contribution in [3.05, 3.63) is 53.1 Å². The summed E-state index contributed by atoms with van der Waals surface area (Å²) in [6.07, 6.45) is 0. The number of rotatable bonds is 7. The molecule has 0 aliphatic carbocycles. The average molecular weight is 411 g/mol. The van der Waals surface area contributed by atoms with Crippen molar-refractivity contribution in [2.75, 3.05) is 12.4 Å². The van der Waals surface area contributed by atoms with Gasteiger partial charge in [-0.25, -0.2) is 8.42 Å². The third-order valence-corrected chi connectivity index (χ3v) is 5.53. The van der Waals surface area contributed by atoms with E-state index in [1.807, 2.05) is 0 Å². The Balaban J connectivity index is 2.12. The zero-order chi connectivity index (χ0) is 20.2. The number of methoxy groups -OCH3 is 1. The number of ketones is 1. The predicted octanol–water partition coefficient (Wildman–Crippen LogP) is 2.86. The highest BCUT2D eigenvalue weighted by atomic mass is 35.5. The maximum Gasteiger partial charge on any atom is 0.242 e. The maximum atomic E-state index is 12.5. The molecule has 0 bridgehead atoms. The molecule has 144 valence electrons. The first-order chi connectivity index (χ1) is 12.6. The van der Waals surface area contributed by atoms with E-state index in [-0.39, 0.29) is 15.7 Å². The van der Waals surface area contributed by atoms with E-state index in [0.717, 1.165) is 0 Å². The van der Waals surface area contributed by atoms with E-state index in [1.165, 1.54) is 45.2 Å². The monoisotopic (exact) mass is 410 g/mol. The Hall–Kier alpha value is -2.42. The van der Waals surface area contributed by atoms with Crippen LogP contribution in [0.3, 0.4) is 0 Å².